The molecule has 0 saturated carbocycles. The summed E-state index contributed by atoms with van der Waals surface area (Å²) in [5.74, 6) is 1.56. The third-order valence-corrected chi connectivity index (χ3v) is 2.10. The Morgan fingerprint density at radius 2 is 2.31 bits per heavy atom. The van der Waals surface area contributed by atoms with Crippen LogP contribution in [0.3, 0.4) is 0 Å². The van der Waals surface area contributed by atoms with Crippen LogP contribution in [0.25, 0.3) is 0 Å². The number of hydrogen-bond donors (Lipinski definition) is 1. The van der Waals surface area contributed by atoms with Crippen molar-refractivity contribution >= 4 is 12.6 Å². The van der Waals surface area contributed by atoms with E-state index in [-0.39, 0.29) is 0 Å². The summed E-state index contributed by atoms with van der Waals surface area (Å²) in [6, 6.07) is 7.97. The minimum absolute atomic E-state index is 0.549. The van der Waals surface area contributed by atoms with E-state index in [9.17, 15) is 0 Å². The van der Waals surface area contributed by atoms with Gasteiger partial charge in [0.1, 0.15) is 12.4 Å². The van der Waals surface area contributed by atoms with Crippen LogP contribution in [0.15, 0.2) is 36.4 Å². The summed E-state index contributed by atoms with van der Waals surface area (Å²) >= 11 is 4.10. The number of benzene rings is 1. The zero-order chi connectivity index (χ0) is 9.68. The van der Waals surface area contributed by atoms with Gasteiger partial charge in [-0.05, 0) is 30.2 Å². The van der Waals surface area contributed by atoms with Crippen molar-refractivity contribution in [2.45, 2.75) is 6.92 Å². The first-order valence-corrected chi connectivity index (χ1v) is 4.82. The van der Waals surface area contributed by atoms with Crippen LogP contribution >= 0.6 is 12.6 Å². The van der Waals surface area contributed by atoms with Crippen molar-refractivity contribution in [1.29, 1.82) is 0 Å². The lowest BCUT2D eigenvalue weighted by Gasteiger charge is -2.06. The van der Waals surface area contributed by atoms with E-state index in [1.807, 2.05) is 31.2 Å². The first-order chi connectivity index (χ1) is 6.22. The second-order valence-electron chi connectivity index (χ2n) is 3.01. The van der Waals surface area contributed by atoms with E-state index in [0.717, 1.165) is 11.3 Å². The molecule has 0 bridgehead atoms. The van der Waals surface area contributed by atoms with Crippen LogP contribution in [0, 0.1) is 6.92 Å². The highest BCUT2D eigenvalue weighted by molar-refractivity contribution is 7.80. The fraction of sp³-hybridized carbons (Fsp3) is 0.273. The van der Waals surface area contributed by atoms with Crippen LogP contribution in [0.2, 0.25) is 0 Å². The lowest BCUT2D eigenvalue weighted by Crippen LogP contribution is -2.01. The molecule has 0 aliphatic carbocycles. The summed E-state index contributed by atoms with van der Waals surface area (Å²) < 4.78 is 5.49. The van der Waals surface area contributed by atoms with Crippen molar-refractivity contribution in [1.82, 2.24) is 0 Å². The van der Waals surface area contributed by atoms with Crippen molar-refractivity contribution in [2.24, 2.45) is 0 Å². The molecule has 1 aromatic carbocycles. The average molecular weight is 194 g/mol. The molecule has 70 valence electrons. The van der Waals surface area contributed by atoms with Gasteiger partial charge in [0.2, 0.25) is 0 Å². The maximum absolute atomic E-state index is 5.49. The Morgan fingerprint density at radius 3 is 2.92 bits per heavy atom. The van der Waals surface area contributed by atoms with E-state index in [0.29, 0.717) is 12.4 Å². The number of hydrogen-bond acceptors (Lipinski definition) is 2. The third-order valence-electron chi connectivity index (χ3n) is 1.66. The lowest BCUT2D eigenvalue weighted by atomic mass is 10.2. The lowest BCUT2D eigenvalue weighted by molar-refractivity contribution is 0.353. The van der Waals surface area contributed by atoms with Crippen molar-refractivity contribution in [2.75, 3.05) is 12.4 Å². The Labute approximate surface area is 84.8 Å². The van der Waals surface area contributed by atoms with Gasteiger partial charge in [-0.15, -0.1) is 0 Å². The summed E-state index contributed by atoms with van der Waals surface area (Å²) in [6.45, 7) is 6.40. The molecule has 0 fully saturated rings. The number of aryl methyl sites for hydroxylation is 1. The molecule has 0 aliphatic rings. The normalized spacial score (nSPS) is 9.69. The molecule has 0 aromatic heterocycles. The first kappa shape index (κ1) is 10.2. The minimum Gasteiger partial charge on any atom is -0.489 e. The molecule has 13 heavy (non-hydrogen) atoms. The summed E-state index contributed by atoms with van der Waals surface area (Å²) in [5, 5.41) is 0. The van der Waals surface area contributed by atoms with Crippen LogP contribution in [0.5, 0.6) is 5.75 Å². The van der Waals surface area contributed by atoms with E-state index in [4.69, 9.17) is 4.74 Å². The molecule has 1 aromatic rings. The van der Waals surface area contributed by atoms with E-state index in [1.165, 1.54) is 5.56 Å². The Bertz CT molecular complexity index is 294. The predicted octanol–water partition coefficient (Wildman–Crippen LogP) is 2.86. The topological polar surface area (TPSA) is 9.23 Å². The Hall–Kier alpha value is -0.890. The molecular weight excluding hydrogens is 180 g/mol. The molecule has 0 atom stereocenters. The largest absolute Gasteiger partial charge is 0.489 e. The SMILES string of the molecule is C=C(CS)COc1cccc(C)c1. The summed E-state index contributed by atoms with van der Waals surface area (Å²) in [4.78, 5) is 0. The smallest absolute Gasteiger partial charge is 0.120 e. The minimum atomic E-state index is 0.549. The van der Waals surface area contributed by atoms with E-state index in [1.54, 1.807) is 0 Å². The maximum Gasteiger partial charge on any atom is 0.120 e. The van der Waals surface area contributed by atoms with Crippen molar-refractivity contribution in [3.63, 3.8) is 0 Å². The van der Waals surface area contributed by atoms with Gasteiger partial charge in [-0.25, -0.2) is 0 Å². The fourth-order valence-corrected chi connectivity index (χ4v) is 1.03. The van der Waals surface area contributed by atoms with Crippen LogP contribution in [0.1, 0.15) is 5.56 Å². The van der Waals surface area contributed by atoms with Gasteiger partial charge in [-0.1, -0.05) is 18.7 Å². The highest BCUT2D eigenvalue weighted by atomic mass is 32.1. The van der Waals surface area contributed by atoms with Crippen LogP contribution in [-0.2, 0) is 0 Å². The first-order valence-electron chi connectivity index (χ1n) is 4.19. The summed E-state index contributed by atoms with van der Waals surface area (Å²) in [7, 11) is 0. The molecule has 0 heterocycles. The predicted molar refractivity (Wildman–Crippen MR) is 59.7 cm³/mol. The molecule has 0 spiro atoms. The highest BCUT2D eigenvalue weighted by Gasteiger charge is 1.95. The molecule has 0 saturated heterocycles. The maximum atomic E-state index is 5.49. The van der Waals surface area contributed by atoms with Crippen LogP contribution < -0.4 is 4.74 Å². The Balaban J connectivity index is 2.50. The van der Waals surface area contributed by atoms with Gasteiger partial charge in [0.15, 0.2) is 0 Å². The highest BCUT2D eigenvalue weighted by Crippen LogP contribution is 2.13. The summed E-state index contributed by atoms with van der Waals surface area (Å²) in [6.07, 6.45) is 0. The molecule has 0 amide bonds. The molecule has 0 radical (unpaired) electrons. The van der Waals surface area contributed by atoms with Crippen molar-refractivity contribution < 1.29 is 4.74 Å². The zero-order valence-corrected chi connectivity index (χ0v) is 8.68. The second kappa shape index (κ2) is 4.97. The van der Waals surface area contributed by atoms with E-state index < -0.39 is 0 Å². The fourth-order valence-electron chi connectivity index (χ4n) is 0.936. The molecule has 0 aliphatic heterocycles. The van der Waals surface area contributed by atoms with Crippen molar-refractivity contribution in [3.8, 4) is 5.75 Å². The Kier molecular flexibility index (Phi) is 3.90. The zero-order valence-electron chi connectivity index (χ0n) is 7.79. The number of ether oxygens (including phenoxy) is 1. The number of rotatable bonds is 4. The summed E-state index contributed by atoms with van der Waals surface area (Å²) in [5.41, 5.74) is 2.19. The third kappa shape index (κ3) is 3.55. The molecule has 0 N–H and O–H groups in total. The monoisotopic (exact) mass is 194 g/mol. The van der Waals surface area contributed by atoms with Gasteiger partial charge in [-0.3, -0.25) is 0 Å². The Morgan fingerprint density at radius 1 is 1.54 bits per heavy atom. The van der Waals surface area contributed by atoms with Gasteiger partial charge in [-0.2, -0.15) is 12.6 Å². The number of thiol groups is 1. The standard InChI is InChI=1S/C11H14OS/c1-9-4-3-5-11(6-9)12-7-10(2)8-13/h3-6,13H,2,7-8H2,1H3. The molecule has 1 rings (SSSR count). The molecule has 0 unspecified atom stereocenters. The molecule has 1 nitrogen and oxygen atoms in total. The van der Waals surface area contributed by atoms with E-state index >= 15 is 0 Å². The van der Waals surface area contributed by atoms with Gasteiger partial charge in [0.05, 0.1) is 0 Å². The molecule has 2 heteroatoms. The van der Waals surface area contributed by atoms with Crippen molar-refractivity contribution in [3.05, 3.63) is 42.0 Å². The average Bonchev–Trinajstić information content (AvgIpc) is 2.14. The van der Waals surface area contributed by atoms with Crippen LogP contribution in [-0.4, -0.2) is 12.4 Å². The van der Waals surface area contributed by atoms with Gasteiger partial charge >= 0.3 is 0 Å². The molecular formula is C11H14OS. The van der Waals surface area contributed by atoms with Gasteiger partial charge in [0, 0.05) is 5.75 Å². The second-order valence-corrected chi connectivity index (χ2v) is 3.33. The quantitative estimate of drug-likeness (QED) is 0.573. The van der Waals surface area contributed by atoms with Gasteiger partial charge < -0.3 is 4.74 Å². The van der Waals surface area contributed by atoms with E-state index in [2.05, 4.69) is 19.2 Å². The van der Waals surface area contributed by atoms with Crippen LogP contribution in [0.4, 0.5) is 0 Å². The van der Waals surface area contributed by atoms with Gasteiger partial charge in [0.25, 0.3) is 0 Å².